The van der Waals surface area contributed by atoms with Gasteiger partial charge in [-0.05, 0) is 26.7 Å². The van der Waals surface area contributed by atoms with Crippen LogP contribution in [0.5, 0.6) is 0 Å². The van der Waals surface area contributed by atoms with E-state index in [2.05, 4.69) is 19.2 Å². The molecule has 14 heavy (non-hydrogen) atoms. The van der Waals surface area contributed by atoms with Crippen LogP contribution in [-0.2, 0) is 4.74 Å². The van der Waals surface area contributed by atoms with Crippen molar-refractivity contribution in [3.63, 3.8) is 0 Å². The largest absolute Gasteiger partial charge is 0.383 e. The number of rotatable bonds is 4. The summed E-state index contributed by atoms with van der Waals surface area (Å²) < 4.78 is 5.16. The number of nitrogens with one attached hydrogen (secondary N) is 1. The minimum Gasteiger partial charge on any atom is -0.383 e. The van der Waals surface area contributed by atoms with Crippen LogP contribution in [0.15, 0.2) is 0 Å². The molecule has 0 bridgehead atoms. The van der Waals surface area contributed by atoms with Gasteiger partial charge in [-0.15, -0.1) is 0 Å². The van der Waals surface area contributed by atoms with Crippen LogP contribution in [0.3, 0.4) is 0 Å². The molecule has 2 heteroatoms. The Hall–Kier alpha value is -0.0800. The molecule has 0 radical (unpaired) electrons. The second-order valence-corrected chi connectivity index (χ2v) is 4.98. The van der Waals surface area contributed by atoms with E-state index in [0.29, 0.717) is 11.6 Å². The Bertz CT molecular complexity index is 150. The molecule has 1 atom stereocenters. The van der Waals surface area contributed by atoms with E-state index in [0.717, 1.165) is 6.61 Å². The lowest BCUT2D eigenvalue weighted by molar-refractivity contribution is 0.149. The SMILES string of the molecule is COCC(C)NC1(C)CCCCCC1. The number of methoxy groups -OCH3 is 1. The van der Waals surface area contributed by atoms with E-state index in [9.17, 15) is 0 Å². The van der Waals surface area contributed by atoms with Crippen molar-refractivity contribution in [1.29, 1.82) is 0 Å². The normalized spacial score (nSPS) is 24.2. The molecular formula is C12H25NO. The standard InChI is InChI=1S/C12H25NO/c1-11(10-14-3)13-12(2)8-6-4-5-7-9-12/h11,13H,4-10H2,1-3H3. The molecule has 0 aromatic carbocycles. The zero-order valence-electron chi connectivity index (χ0n) is 9.94. The highest BCUT2D eigenvalue weighted by molar-refractivity contribution is 4.87. The third-order valence-corrected chi connectivity index (χ3v) is 3.22. The maximum absolute atomic E-state index is 5.16. The zero-order chi connectivity index (χ0) is 10.4. The van der Waals surface area contributed by atoms with Gasteiger partial charge in [0.15, 0.2) is 0 Å². The molecule has 1 fully saturated rings. The summed E-state index contributed by atoms with van der Waals surface area (Å²) in [4.78, 5) is 0. The van der Waals surface area contributed by atoms with E-state index in [1.165, 1.54) is 38.5 Å². The lowest BCUT2D eigenvalue weighted by Gasteiger charge is -2.33. The Morgan fingerprint density at radius 2 is 1.79 bits per heavy atom. The predicted octanol–water partition coefficient (Wildman–Crippen LogP) is 2.72. The first kappa shape index (κ1) is 12.0. The van der Waals surface area contributed by atoms with Crippen LogP contribution in [0.4, 0.5) is 0 Å². The fraction of sp³-hybridized carbons (Fsp3) is 1.00. The van der Waals surface area contributed by atoms with E-state index < -0.39 is 0 Å². The molecule has 0 heterocycles. The lowest BCUT2D eigenvalue weighted by Crippen LogP contribution is -2.48. The molecule has 0 amide bonds. The summed E-state index contributed by atoms with van der Waals surface area (Å²) in [6.45, 7) is 5.39. The van der Waals surface area contributed by atoms with E-state index in [4.69, 9.17) is 4.74 Å². The molecule has 0 spiro atoms. The summed E-state index contributed by atoms with van der Waals surface area (Å²) >= 11 is 0. The van der Waals surface area contributed by atoms with Gasteiger partial charge in [0.2, 0.25) is 0 Å². The van der Waals surface area contributed by atoms with Gasteiger partial charge in [0.05, 0.1) is 6.61 Å². The van der Waals surface area contributed by atoms with Crippen LogP contribution < -0.4 is 5.32 Å². The number of hydrogen-bond acceptors (Lipinski definition) is 2. The molecular weight excluding hydrogens is 174 g/mol. The van der Waals surface area contributed by atoms with Crippen molar-refractivity contribution in [2.24, 2.45) is 0 Å². The molecule has 0 aromatic heterocycles. The van der Waals surface area contributed by atoms with Gasteiger partial charge in [0.25, 0.3) is 0 Å². The second-order valence-electron chi connectivity index (χ2n) is 4.98. The molecule has 0 aliphatic heterocycles. The van der Waals surface area contributed by atoms with Gasteiger partial charge >= 0.3 is 0 Å². The van der Waals surface area contributed by atoms with Crippen molar-refractivity contribution in [3.05, 3.63) is 0 Å². The van der Waals surface area contributed by atoms with Gasteiger partial charge in [-0.25, -0.2) is 0 Å². The Morgan fingerprint density at radius 3 is 2.29 bits per heavy atom. The monoisotopic (exact) mass is 199 g/mol. The topological polar surface area (TPSA) is 21.3 Å². The fourth-order valence-electron chi connectivity index (χ4n) is 2.54. The molecule has 2 nitrogen and oxygen atoms in total. The summed E-state index contributed by atoms with van der Waals surface area (Å²) in [6, 6.07) is 0.475. The summed E-state index contributed by atoms with van der Waals surface area (Å²) in [5.74, 6) is 0. The van der Waals surface area contributed by atoms with Crippen LogP contribution in [-0.4, -0.2) is 25.3 Å². The van der Waals surface area contributed by atoms with Crippen LogP contribution in [0.25, 0.3) is 0 Å². The van der Waals surface area contributed by atoms with E-state index in [-0.39, 0.29) is 0 Å². The van der Waals surface area contributed by atoms with Gasteiger partial charge in [-0.3, -0.25) is 0 Å². The summed E-state index contributed by atoms with van der Waals surface area (Å²) in [7, 11) is 1.77. The fourth-order valence-corrected chi connectivity index (χ4v) is 2.54. The predicted molar refractivity (Wildman–Crippen MR) is 60.6 cm³/mol. The highest BCUT2D eigenvalue weighted by Crippen LogP contribution is 2.26. The Labute approximate surface area is 88.4 Å². The van der Waals surface area contributed by atoms with E-state index in [1.54, 1.807) is 7.11 Å². The van der Waals surface area contributed by atoms with Crippen molar-refractivity contribution in [3.8, 4) is 0 Å². The van der Waals surface area contributed by atoms with Crippen molar-refractivity contribution in [2.45, 2.75) is 64.0 Å². The third-order valence-electron chi connectivity index (χ3n) is 3.22. The molecule has 1 aliphatic carbocycles. The van der Waals surface area contributed by atoms with Gasteiger partial charge in [-0.2, -0.15) is 0 Å². The minimum absolute atomic E-state index is 0.356. The maximum Gasteiger partial charge on any atom is 0.0613 e. The third kappa shape index (κ3) is 3.97. The van der Waals surface area contributed by atoms with Gasteiger partial charge in [0.1, 0.15) is 0 Å². The van der Waals surface area contributed by atoms with E-state index >= 15 is 0 Å². The van der Waals surface area contributed by atoms with Crippen LogP contribution in [0.2, 0.25) is 0 Å². The molecule has 1 saturated carbocycles. The van der Waals surface area contributed by atoms with Crippen LogP contribution >= 0.6 is 0 Å². The smallest absolute Gasteiger partial charge is 0.0613 e. The van der Waals surface area contributed by atoms with Crippen molar-refractivity contribution < 1.29 is 4.74 Å². The molecule has 84 valence electrons. The molecule has 1 unspecified atom stereocenters. The molecule has 0 saturated heterocycles. The van der Waals surface area contributed by atoms with E-state index in [1.807, 2.05) is 0 Å². The quantitative estimate of drug-likeness (QED) is 0.703. The van der Waals surface area contributed by atoms with Crippen molar-refractivity contribution in [1.82, 2.24) is 5.32 Å². The number of hydrogen-bond donors (Lipinski definition) is 1. The van der Waals surface area contributed by atoms with Crippen LogP contribution in [0.1, 0.15) is 52.4 Å². The minimum atomic E-state index is 0.356. The zero-order valence-corrected chi connectivity index (χ0v) is 9.94. The first-order valence-electron chi connectivity index (χ1n) is 5.93. The lowest BCUT2D eigenvalue weighted by atomic mass is 9.92. The van der Waals surface area contributed by atoms with Gasteiger partial charge < -0.3 is 10.1 Å². The summed E-state index contributed by atoms with van der Waals surface area (Å²) in [5, 5.41) is 3.71. The van der Waals surface area contributed by atoms with Gasteiger partial charge in [-0.1, -0.05) is 25.7 Å². The highest BCUT2D eigenvalue weighted by atomic mass is 16.5. The average molecular weight is 199 g/mol. The maximum atomic E-state index is 5.16. The Kier molecular flexibility index (Phi) is 4.90. The van der Waals surface area contributed by atoms with Crippen molar-refractivity contribution in [2.75, 3.05) is 13.7 Å². The number of ether oxygens (including phenoxy) is 1. The average Bonchev–Trinajstić information content (AvgIpc) is 2.30. The summed E-state index contributed by atoms with van der Waals surface area (Å²) in [6.07, 6.45) is 8.22. The molecule has 1 aliphatic rings. The molecule has 1 N–H and O–H groups in total. The van der Waals surface area contributed by atoms with Crippen LogP contribution in [0, 0.1) is 0 Å². The van der Waals surface area contributed by atoms with Gasteiger partial charge in [0, 0.05) is 18.7 Å². The Morgan fingerprint density at radius 1 is 1.21 bits per heavy atom. The summed E-state index contributed by atoms with van der Waals surface area (Å²) in [5.41, 5.74) is 0.356. The first-order chi connectivity index (χ1) is 6.66. The Balaban J connectivity index is 2.37. The molecule has 0 aromatic rings. The van der Waals surface area contributed by atoms with Crippen molar-refractivity contribution >= 4 is 0 Å². The second kappa shape index (κ2) is 5.72. The first-order valence-corrected chi connectivity index (χ1v) is 5.93. The molecule has 1 rings (SSSR count). The highest BCUT2D eigenvalue weighted by Gasteiger charge is 2.26.